The van der Waals surface area contributed by atoms with Crippen LogP contribution in [0.3, 0.4) is 0 Å². The first-order valence-electron chi connectivity index (χ1n) is 9.11. The fraction of sp³-hybridized carbons (Fsp3) is 0.364. The normalized spacial score (nSPS) is 15.0. The second-order valence-corrected chi connectivity index (χ2v) is 11.2. The molecular formula is C22H24N2S4. The summed E-state index contributed by atoms with van der Waals surface area (Å²) in [6.45, 7) is 4.13. The zero-order valence-electron chi connectivity index (χ0n) is 16.1. The molecule has 2 rings (SSSR count). The monoisotopic (exact) mass is 444 g/mol. The van der Waals surface area contributed by atoms with Crippen LogP contribution in [0.25, 0.3) is 0 Å². The zero-order chi connectivity index (χ0) is 20.3. The lowest BCUT2D eigenvalue weighted by Crippen LogP contribution is -2.52. The molecule has 2 aromatic carbocycles. The molecule has 0 aliphatic carbocycles. The molecule has 2 nitrogen and oxygen atoms in total. The second kappa shape index (κ2) is 11.7. The first-order chi connectivity index (χ1) is 13.6. The SMILES string of the molecule is CCSC(C#N)(CSc1ccccc1)C(C#N)(CSc1ccccc1)SCC. The molecule has 0 aromatic heterocycles. The third-order valence-electron chi connectivity index (χ3n) is 4.17. The molecule has 28 heavy (non-hydrogen) atoms. The predicted octanol–water partition coefficient (Wildman–Crippen LogP) is 6.60. The van der Waals surface area contributed by atoms with Gasteiger partial charge >= 0.3 is 0 Å². The number of nitrogens with zero attached hydrogens (tertiary/aromatic N) is 2. The maximum absolute atomic E-state index is 10.3. The Kier molecular flexibility index (Phi) is 9.68. The van der Waals surface area contributed by atoms with Crippen LogP contribution >= 0.6 is 47.0 Å². The van der Waals surface area contributed by atoms with Crippen molar-refractivity contribution in [2.45, 2.75) is 33.1 Å². The summed E-state index contributed by atoms with van der Waals surface area (Å²) in [5.74, 6) is 2.77. The van der Waals surface area contributed by atoms with Crippen molar-refractivity contribution in [3.8, 4) is 12.1 Å². The Hall–Kier alpha value is -1.18. The Labute approximate surface area is 185 Å². The van der Waals surface area contributed by atoms with Crippen LogP contribution in [-0.2, 0) is 0 Å². The van der Waals surface area contributed by atoms with E-state index >= 15 is 0 Å². The van der Waals surface area contributed by atoms with Crippen molar-refractivity contribution in [1.82, 2.24) is 0 Å². The molecule has 6 heteroatoms. The lowest BCUT2D eigenvalue weighted by atomic mass is 9.96. The van der Waals surface area contributed by atoms with Crippen molar-refractivity contribution < 1.29 is 0 Å². The molecule has 0 fully saturated rings. The number of rotatable bonds is 11. The molecular weight excluding hydrogens is 421 g/mol. The predicted molar refractivity (Wildman–Crippen MR) is 127 cm³/mol. The third-order valence-corrected chi connectivity index (χ3v) is 9.76. The molecule has 0 heterocycles. The van der Waals surface area contributed by atoms with Crippen LogP contribution in [0.2, 0.25) is 0 Å². The van der Waals surface area contributed by atoms with E-state index in [0.717, 1.165) is 21.3 Å². The molecule has 0 aliphatic rings. The van der Waals surface area contributed by atoms with Gasteiger partial charge in [-0.15, -0.1) is 47.0 Å². The summed E-state index contributed by atoms with van der Waals surface area (Å²) in [5.41, 5.74) is 0. The minimum absolute atomic E-state index is 0.585. The van der Waals surface area contributed by atoms with Crippen LogP contribution in [0.5, 0.6) is 0 Å². The molecule has 0 aliphatic heterocycles. The van der Waals surface area contributed by atoms with E-state index in [4.69, 9.17) is 0 Å². The lowest BCUT2D eigenvalue weighted by Gasteiger charge is -2.40. The summed E-state index contributed by atoms with van der Waals surface area (Å²) in [6, 6.07) is 25.4. The van der Waals surface area contributed by atoms with Gasteiger partial charge in [-0.2, -0.15) is 10.5 Å². The van der Waals surface area contributed by atoms with Crippen LogP contribution in [0.15, 0.2) is 70.5 Å². The van der Waals surface area contributed by atoms with Gasteiger partial charge in [0.2, 0.25) is 0 Å². The van der Waals surface area contributed by atoms with Crippen molar-refractivity contribution in [1.29, 1.82) is 10.5 Å². The molecule has 2 unspecified atom stereocenters. The van der Waals surface area contributed by atoms with Gasteiger partial charge in [-0.05, 0) is 35.8 Å². The number of nitriles is 2. The van der Waals surface area contributed by atoms with Gasteiger partial charge in [-0.1, -0.05) is 50.2 Å². The maximum Gasteiger partial charge on any atom is 0.140 e. The molecule has 0 bridgehead atoms. The highest BCUT2D eigenvalue weighted by Crippen LogP contribution is 2.49. The molecule has 0 saturated heterocycles. The Morgan fingerprint density at radius 2 is 1.04 bits per heavy atom. The third kappa shape index (κ3) is 5.67. The molecule has 0 radical (unpaired) electrons. The smallest absolute Gasteiger partial charge is 0.140 e. The topological polar surface area (TPSA) is 47.6 Å². The summed E-state index contributed by atoms with van der Waals surface area (Å²) < 4.78 is -1.58. The van der Waals surface area contributed by atoms with Gasteiger partial charge < -0.3 is 0 Å². The Bertz CT molecular complexity index is 731. The van der Waals surface area contributed by atoms with Crippen molar-refractivity contribution in [2.24, 2.45) is 0 Å². The van der Waals surface area contributed by atoms with Gasteiger partial charge in [0.05, 0.1) is 12.1 Å². The van der Waals surface area contributed by atoms with Crippen molar-refractivity contribution in [3.05, 3.63) is 60.7 Å². The van der Waals surface area contributed by atoms with Crippen molar-refractivity contribution in [2.75, 3.05) is 23.0 Å². The van der Waals surface area contributed by atoms with Crippen molar-refractivity contribution in [3.63, 3.8) is 0 Å². The molecule has 0 amide bonds. The number of hydrogen-bond acceptors (Lipinski definition) is 6. The second-order valence-electron chi connectivity index (χ2n) is 5.95. The summed E-state index contributed by atoms with van der Waals surface area (Å²) in [5, 5.41) is 20.6. The molecule has 0 N–H and O–H groups in total. The molecule has 2 aromatic rings. The standard InChI is InChI=1S/C22H24N2S4/c1-3-27-21(15-23,17-25-19-11-7-5-8-12-19)22(16-24,28-4-2)18-26-20-13-9-6-10-14-20/h5-14H,3-4,17-18H2,1-2H3. The maximum atomic E-state index is 10.3. The van der Waals surface area contributed by atoms with Crippen LogP contribution in [0.4, 0.5) is 0 Å². The first-order valence-corrected chi connectivity index (χ1v) is 13.1. The number of benzene rings is 2. The van der Waals surface area contributed by atoms with Crippen LogP contribution in [-0.4, -0.2) is 32.5 Å². The summed E-state index contributed by atoms with van der Waals surface area (Å²) in [7, 11) is 0. The minimum atomic E-state index is -0.792. The molecule has 146 valence electrons. The largest absolute Gasteiger partial charge is 0.197 e. The van der Waals surface area contributed by atoms with Crippen molar-refractivity contribution >= 4 is 47.0 Å². The van der Waals surface area contributed by atoms with E-state index < -0.39 is 9.49 Å². The van der Waals surface area contributed by atoms with E-state index in [1.54, 1.807) is 47.0 Å². The Balaban J connectivity index is 2.34. The number of hydrogen-bond donors (Lipinski definition) is 0. The Morgan fingerprint density at radius 1 is 0.679 bits per heavy atom. The van der Waals surface area contributed by atoms with E-state index in [0.29, 0.717) is 11.5 Å². The molecule has 0 saturated carbocycles. The average molecular weight is 445 g/mol. The summed E-state index contributed by atoms with van der Waals surface area (Å²) in [6.07, 6.45) is 0. The van der Waals surface area contributed by atoms with E-state index in [-0.39, 0.29) is 0 Å². The molecule has 2 atom stereocenters. The average Bonchev–Trinajstić information content (AvgIpc) is 2.76. The Morgan fingerprint density at radius 3 is 1.32 bits per heavy atom. The minimum Gasteiger partial charge on any atom is -0.197 e. The van der Waals surface area contributed by atoms with Gasteiger partial charge in [0, 0.05) is 21.3 Å². The van der Waals surface area contributed by atoms with Gasteiger partial charge in [-0.3, -0.25) is 0 Å². The van der Waals surface area contributed by atoms with E-state index in [9.17, 15) is 10.5 Å². The van der Waals surface area contributed by atoms with Crippen LogP contribution in [0, 0.1) is 22.7 Å². The molecule has 0 spiro atoms. The first kappa shape index (κ1) is 23.1. The van der Waals surface area contributed by atoms with Crippen LogP contribution < -0.4 is 0 Å². The summed E-state index contributed by atoms with van der Waals surface area (Å²) in [4.78, 5) is 2.26. The number of thioether (sulfide) groups is 4. The fourth-order valence-corrected chi connectivity index (χ4v) is 8.19. The van der Waals surface area contributed by atoms with Gasteiger partial charge in [0.25, 0.3) is 0 Å². The highest BCUT2D eigenvalue weighted by molar-refractivity contribution is 8.08. The fourth-order valence-electron chi connectivity index (χ4n) is 2.76. The van der Waals surface area contributed by atoms with E-state index in [1.807, 2.05) is 36.4 Å². The highest BCUT2D eigenvalue weighted by Gasteiger charge is 2.53. The zero-order valence-corrected chi connectivity index (χ0v) is 19.4. The van der Waals surface area contributed by atoms with Gasteiger partial charge in [-0.25, -0.2) is 0 Å². The van der Waals surface area contributed by atoms with Gasteiger partial charge in [0.15, 0.2) is 0 Å². The van der Waals surface area contributed by atoms with Crippen LogP contribution in [0.1, 0.15) is 13.8 Å². The van der Waals surface area contributed by atoms with Gasteiger partial charge in [0.1, 0.15) is 9.49 Å². The van der Waals surface area contributed by atoms with E-state index in [1.165, 1.54) is 0 Å². The van der Waals surface area contributed by atoms with E-state index in [2.05, 4.69) is 50.3 Å². The highest BCUT2D eigenvalue weighted by atomic mass is 32.2. The lowest BCUT2D eigenvalue weighted by molar-refractivity contribution is 0.696. The summed E-state index contributed by atoms with van der Waals surface area (Å²) >= 11 is 6.55. The quantitative estimate of drug-likeness (QED) is 0.364.